The van der Waals surface area contributed by atoms with Gasteiger partial charge in [0, 0.05) is 32.7 Å². The predicted octanol–water partition coefficient (Wildman–Crippen LogP) is 2.38. The zero-order valence-electron chi connectivity index (χ0n) is 12.0. The molecule has 0 radical (unpaired) electrons. The molecule has 0 saturated carbocycles. The molecule has 1 aromatic carbocycles. The second kappa shape index (κ2) is 6.27. The molecule has 0 unspecified atom stereocenters. The Kier molecular flexibility index (Phi) is 4.21. The number of urea groups is 1. The van der Waals surface area contributed by atoms with Crippen LogP contribution in [-0.4, -0.2) is 24.0 Å². The predicted molar refractivity (Wildman–Crippen MR) is 79.3 cm³/mol. The minimum Gasteiger partial charge on any atom is -0.334 e. The van der Waals surface area contributed by atoms with Crippen molar-refractivity contribution >= 4 is 6.03 Å². The summed E-state index contributed by atoms with van der Waals surface area (Å²) in [7, 11) is 0. The van der Waals surface area contributed by atoms with Crippen LogP contribution in [-0.2, 0) is 19.6 Å². The summed E-state index contributed by atoms with van der Waals surface area (Å²) in [6.45, 7) is 4.35. The molecule has 2 N–H and O–H groups in total. The van der Waals surface area contributed by atoms with Gasteiger partial charge in [-0.2, -0.15) is 0 Å². The standard InChI is InChI=1S/C16H23N3O/c20-16(19-7-3-1-2-4-8-19)18-10-13-5-6-14-11-17-12-15(14)9-13/h5-6,9,17H,1-4,7-8,10-12H2,(H,18,20). The van der Waals surface area contributed by atoms with E-state index in [1.165, 1.54) is 29.5 Å². The fraction of sp³-hybridized carbons (Fsp3) is 0.562. The van der Waals surface area contributed by atoms with Gasteiger partial charge < -0.3 is 15.5 Å². The van der Waals surface area contributed by atoms with E-state index in [0.717, 1.165) is 39.0 Å². The molecule has 1 saturated heterocycles. The summed E-state index contributed by atoms with van der Waals surface area (Å²) in [5.74, 6) is 0. The van der Waals surface area contributed by atoms with Crippen molar-refractivity contribution in [2.75, 3.05) is 13.1 Å². The smallest absolute Gasteiger partial charge is 0.317 e. The van der Waals surface area contributed by atoms with E-state index in [-0.39, 0.29) is 6.03 Å². The van der Waals surface area contributed by atoms with Gasteiger partial charge in [-0.25, -0.2) is 4.79 Å². The fourth-order valence-corrected chi connectivity index (χ4v) is 3.02. The third kappa shape index (κ3) is 3.12. The molecule has 2 heterocycles. The second-order valence-corrected chi connectivity index (χ2v) is 5.77. The molecule has 0 aromatic heterocycles. The summed E-state index contributed by atoms with van der Waals surface area (Å²) in [4.78, 5) is 14.1. The molecule has 3 rings (SSSR count). The quantitative estimate of drug-likeness (QED) is 0.869. The average molecular weight is 273 g/mol. The first-order valence-corrected chi connectivity index (χ1v) is 7.67. The number of carbonyl (C=O) groups is 1. The lowest BCUT2D eigenvalue weighted by molar-refractivity contribution is 0.199. The zero-order chi connectivity index (χ0) is 13.8. The Bertz CT molecular complexity index is 479. The monoisotopic (exact) mass is 273 g/mol. The number of likely N-dealkylation sites (tertiary alicyclic amines) is 1. The van der Waals surface area contributed by atoms with Crippen LogP contribution in [0.2, 0.25) is 0 Å². The van der Waals surface area contributed by atoms with Crippen LogP contribution in [0.4, 0.5) is 4.79 Å². The van der Waals surface area contributed by atoms with E-state index >= 15 is 0 Å². The van der Waals surface area contributed by atoms with Crippen LogP contribution in [0.3, 0.4) is 0 Å². The lowest BCUT2D eigenvalue weighted by Gasteiger charge is -2.20. The number of nitrogens with zero attached hydrogens (tertiary/aromatic N) is 1. The Morgan fingerprint density at radius 1 is 1.10 bits per heavy atom. The normalized spacial score (nSPS) is 18.5. The maximum absolute atomic E-state index is 12.2. The SMILES string of the molecule is O=C(NCc1ccc2c(c1)CNC2)N1CCCCCC1. The van der Waals surface area contributed by atoms with Gasteiger partial charge in [0.25, 0.3) is 0 Å². The van der Waals surface area contributed by atoms with E-state index in [2.05, 4.69) is 28.8 Å². The van der Waals surface area contributed by atoms with Crippen LogP contribution in [0.25, 0.3) is 0 Å². The first-order chi connectivity index (χ1) is 9.83. The van der Waals surface area contributed by atoms with Gasteiger partial charge in [0.2, 0.25) is 0 Å². The van der Waals surface area contributed by atoms with Crippen LogP contribution >= 0.6 is 0 Å². The number of rotatable bonds is 2. The van der Waals surface area contributed by atoms with Crippen molar-refractivity contribution in [3.05, 3.63) is 34.9 Å². The number of carbonyl (C=O) groups excluding carboxylic acids is 1. The van der Waals surface area contributed by atoms with Gasteiger partial charge in [-0.1, -0.05) is 31.0 Å². The van der Waals surface area contributed by atoms with Gasteiger partial charge in [-0.05, 0) is 29.5 Å². The van der Waals surface area contributed by atoms with Crippen molar-refractivity contribution in [2.45, 2.75) is 45.3 Å². The molecule has 0 spiro atoms. The van der Waals surface area contributed by atoms with Crippen LogP contribution in [0, 0.1) is 0 Å². The van der Waals surface area contributed by atoms with Crippen LogP contribution in [0.1, 0.15) is 42.4 Å². The molecule has 108 valence electrons. The molecule has 1 fully saturated rings. The molecule has 2 amide bonds. The van der Waals surface area contributed by atoms with Crippen LogP contribution in [0.5, 0.6) is 0 Å². The van der Waals surface area contributed by atoms with E-state index in [4.69, 9.17) is 0 Å². The Hall–Kier alpha value is -1.55. The number of hydrogen-bond donors (Lipinski definition) is 2. The van der Waals surface area contributed by atoms with Crippen molar-refractivity contribution in [1.29, 1.82) is 0 Å². The van der Waals surface area contributed by atoms with Crippen molar-refractivity contribution in [3.63, 3.8) is 0 Å². The van der Waals surface area contributed by atoms with Crippen molar-refractivity contribution in [2.24, 2.45) is 0 Å². The van der Waals surface area contributed by atoms with E-state index in [0.29, 0.717) is 6.54 Å². The van der Waals surface area contributed by atoms with Crippen molar-refractivity contribution in [1.82, 2.24) is 15.5 Å². The lowest BCUT2D eigenvalue weighted by atomic mass is 10.1. The summed E-state index contributed by atoms with van der Waals surface area (Å²) in [6, 6.07) is 6.58. The fourth-order valence-electron chi connectivity index (χ4n) is 3.02. The van der Waals surface area contributed by atoms with Crippen molar-refractivity contribution < 1.29 is 4.79 Å². The number of fused-ring (bicyclic) bond motifs is 1. The Morgan fingerprint density at radius 2 is 1.85 bits per heavy atom. The molecular formula is C16H23N3O. The van der Waals surface area contributed by atoms with Crippen LogP contribution in [0.15, 0.2) is 18.2 Å². The van der Waals surface area contributed by atoms with Gasteiger partial charge in [0.05, 0.1) is 0 Å². The lowest BCUT2D eigenvalue weighted by Crippen LogP contribution is -2.40. The number of amides is 2. The molecule has 0 atom stereocenters. The highest BCUT2D eigenvalue weighted by atomic mass is 16.2. The molecule has 0 aliphatic carbocycles. The summed E-state index contributed by atoms with van der Waals surface area (Å²) in [6.07, 6.45) is 4.78. The van der Waals surface area contributed by atoms with Gasteiger partial charge >= 0.3 is 6.03 Å². The van der Waals surface area contributed by atoms with E-state index in [1.807, 2.05) is 4.90 Å². The Morgan fingerprint density at radius 3 is 2.65 bits per heavy atom. The molecule has 0 bridgehead atoms. The largest absolute Gasteiger partial charge is 0.334 e. The number of benzene rings is 1. The first kappa shape index (κ1) is 13.4. The third-order valence-electron chi connectivity index (χ3n) is 4.24. The maximum atomic E-state index is 12.2. The van der Waals surface area contributed by atoms with Gasteiger partial charge in [-0.15, -0.1) is 0 Å². The molecule has 2 aliphatic heterocycles. The summed E-state index contributed by atoms with van der Waals surface area (Å²) in [5.41, 5.74) is 3.94. The van der Waals surface area contributed by atoms with E-state index in [1.54, 1.807) is 0 Å². The highest BCUT2D eigenvalue weighted by Gasteiger charge is 2.15. The molecular weight excluding hydrogens is 250 g/mol. The van der Waals surface area contributed by atoms with Gasteiger partial charge in [-0.3, -0.25) is 0 Å². The summed E-state index contributed by atoms with van der Waals surface area (Å²) >= 11 is 0. The summed E-state index contributed by atoms with van der Waals surface area (Å²) < 4.78 is 0. The minimum absolute atomic E-state index is 0.0884. The molecule has 20 heavy (non-hydrogen) atoms. The number of nitrogens with one attached hydrogen (secondary N) is 2. The topological polar surface area (TPSA) is 44.4 Å². The van der Waals surface area contributed by atoms with Crippen LogP contribution < -0.4 is 10.6 Å². The van der Waals surface area contributed by atoms with Gasteiger partial charge in [0.1, 0.15) is 0 Å². The minimum atomic E-state index is 0.0884. The summed E-state index contributed by atoms with van der Waals surface area (Å²) in [5, 5.41) is 6.40. The second-order valence-electron chi connectivity index (χ2n) is 5.77. The van der Waals surface area contributed by atoms with E-state index in [9.17, 15) is 4.79 Å². The van der Waals surface area contributed by atoms with E-state index < -0.39 is 0 Å². The zero-order valence-corrected chi connectivity index (χ0v) is 12.0. The number of hydrogen-bond acceptors (Lipinski definition) is 2. The average Bonchev–Trinajstić information content (AvgIpc) is 2.76. The highest BCUT2D eigenvalue weighted by molar-refractivity contribution is 5.74. The third-order valence-corrected chi connectivity index (χ3v) is 4.24. The highest BCUT2D eigenvalue weighted by Crippen LogP contribution is 2.17. The van der Waals surface area contributed by atoms with Gasteiger partial charge in [0.15, 0.2) is 0 Å². The maximum Gasteiger partial charge on any atom is 0.317 e. The molecule has 4 heteroatoms. The van der Waals surface area contributed by atoms with Crippen molar-refractivity contribution in [3.8, 4) is 0 Å². The molecule has 2 aliphatic rings. The molecule has 1 aromatic rings. The Labute approximate surface area is 120 Å². The molecule has 4 nitrogen and oxygen atoms in total. The Balaban J connectivity index is 1.54. The first-order valence-electron chi connectivity index (χ1n) is 7.67.